The Kier molecular flexibility index (Phi) is 2.50. The molecule has 0 saturated heterocycles. The normalized spacial score (nSPS) is 11.1. The van der Waals surface area contributed by atoms with E-state index < -0.39 is 6.43 Å². The van der Waals surface area contributed by atoms with Crippen molar-refractivity contribution in [3.8, 4) is 0 Å². The van der Waals surface area contributed by atoms with Gasteiger partial charge in [0.2, 0.25) is 0 Å². The average molecular weight is 257 g/mol. The van der Waals surface area contributed by atoms with Crippen molar-refractivity contribution < 1.29 is 8.78 Å². The molecule has 2 aromatic rings. The quantitative estimate of drug-likeness (QED) is 0.703. The summed E-state index contributed by atoms with van der Waals surface area (Å²) in [4.78, 5) is 0. The number of hydrogen-bond acceptors (Lipinski definition) is 0. The van der Waals surface area contributed by atoms with Crippen molar-refractivity contribution in [1.82, 2.24) is 0 Å². The van der Waals surface area contributed by atoms with Crippen LogP contribution >= 0.6 is 15.9 Å². The van der Waals surface area contributed by atoms with Crippen LogP contribution in [0.2, 0.25) is 0 Å². The van der Waals surface area contributed by atoms with Crippen LogP contribution in [0.5, 0.6) is 0 Å². The van der Waals surface area contributed by atoms with Gasteiger partial charge in [-0.05, 0) is 29.0 Å². The molecule has 0 spiro atoms. The van der Waals surface area contributed by atoms with Gasteiger partial charge >= 0.3 is 0 Å². The van der Waals surface area contributed by atoms with Gasteiger partial charge in [0.05, 0.1) is 0 Å². The molecule has 2 aromatic carbocycles. The van der Waals surface area contributed by atoms with Crippen molar-refractivity contribution >= 4 is 26.7 Å². The standard InChI is InChI=1S/C11H7BrF2/c12-10-4-3-7-1-2-8(11(13)14)5-9(7)6-10/h1-6,11H. The minimum absolute atomic E-state index is 0.0654. The fraction of sp³-hybridized carbons (Fsp3) is 0.0909. The Bertz CT molecular complexity index is 466. The van der Waals surface area contributed by atoms with Crippen molar-refractivity contribution in [2.75, 3.05) is 0 Å². The third-order valence-electron chi connectivity index (χ3n) is 2.08. The van der Waals surface area contributed by atoms with Crippen molar-refractivity contribution in [1.29, 1.82) is 0 Å². The molecular formula is C11H7BrF2. The molecule has 14 heavy (non-hydrogen) atoms. The minimum atomic E-state index is -2.40. The molecule has 0 aliphatic rings. The first-order valence-electron chi connectivity index (χ1n) is 4.14. The lowest BCUT2D eigenvalue weighted by atomic mass is 10.1. The maximum absolute atomic E-state index is 12.4. The fourth-order valence-electron chi connectivity index (χ4n) is 1.37. The lowest BCUT2D eigenvalue weighted by molar-refractivity contribution is 0.151. The van der Waals surface area contributed by atoms with Gasteiger partial charge in [0.15, 0.2) is 0 Å². The van der Waals surface area contributed by atoms with E-state index in [9.17, 15) is 8.78 Å². The predicted molar refractivity (Wildman–Crippen MR) is 56.6 cm³/mol. The number of rotatable bonds is 1. The largest absolute Gasteiger partial charge is 0.263 e. The zero-order chi connectivity index (χ0) is 10.1. The van der Waals surface area contributed by atoms with Crippen LogP contribution in [0.4, 0.5) is 8.78 Å². The van der Waals surface area contributed by atoms with Gasteiger partial charge in [-0.25, -0.2) is 8.78 Å². The highest BCUT2D eigenvalue weighted by Crippen LogP contribution is 2.25. The van der Waals surface area contributed by atoms with Gasteiger partial charge in [-0.15, -0.1) is 0 Å². The molecule has 0 N–H and O–H groups in total. The Hall–Kier alpha value is -0.960. The van der Waals surface area contributed by atoms with Crippen molar-refractivity contribution in [2.24, 2.45) is 0 Å². The van der Waals surface area contributed by atoms with Crippen LogP contribution in [0.25, 0.3) is 10.8 Å². The van der Waals surface area contributed by atoms with Crippen LogP contribution in [0.1, 0.15) is 12.0 Å². The summed E-state index contributed by atoms with van der Waals surface area (Å²) in [5.74, 6) is 0. The van der Waals surface area contributed by atoms with Gasteiger partial charge in [-0.3, -0.25) is 0 Å². The summed E-state index contributed by atoms with van der Waals surface area (Å²) >= 11 is 3.31. The summed E-state index contributed by atoms with van der Waals surface area (Å²) in [7, 11) is 0. The Labute approximate surface area is 88.7 Å². The molecule has 0 atom stereocenters. The van der Waals surface area contributed by atoms with E-state index in [0.717, 1.165) is 15.2 Å². The first-order valence-corrected chi connectivity index (χ1v) is 4.93. The molecular weight excluding hydrogens is 250 g/mol. The highest BCUT2D eigenvalue weighted by atomic mass is 79.9. The van der Waals surface area contributed by atoms with Crippen molar-refractivity contribution in [3.05, 3.63) is 46.4 Å². The van der Waals surface area contributed by atoms with E-state index in [1.54, 1.807) is 6.07 Å². The number of halogens is 3. The van der Waals surface area contributed by atoms with Gasteiger partial charge in [-0.2, -0.15) is 0 Å². The highest BCUT2D eigenvalue weighted by Gasteiger charge is 2.06. The predicted octanol–water partition coefficient (Wildman–Crippen LogP) is 4.54. The van der Waals surface area contributed by atoms with Crippen LogP contribution < -0.4 is 0 Å². The highest BCUT2D eigenvalue weighted by molar-refractivity contribution is 9.10. The molecule has 0 fully saturated rings. The van der Waals surface area contributed by atoms with Crippen molar-refractivity contribution in [3.63, 3.8) is 0 Å². The van der Waals surface area contributed by atoms with Crippen LogP contribution in [0.3, 0.4) is 0 Å². The van der Waals surface area contributed by atoms with E-state index in [0.29, 0.717) is 0 Å². The second kappa shape index (κ2) is 3.65. The summed E-state index contributed by atoms with van der Waals surface area (Å²) in [6.45, 7) is 0. The number of benzene rings is 2. The smallest absolute Gasteiger partial charge is 0.205 e. The number of alkyl halides is 2. The first-order chi connectivity index (χ1) is 6.66. The van der Waals surface area contributed by atoms with Crippen LogP contribution in [-0.4, -0.2) is 0 Å². The van der Waals surface area contributed by atoms with E-state index in [-0.39, 0.29) is 5.56 Å². The molecule has 2 rings (SSSR count). The van der Waals surface area contributed by atoms with Gasteiger partial charge in [0, 0.05) is 10.0 Å². The third kappa shape index (κ3) is 1.77. The summed E-state index contributed by atoms with van der Waals surface area (Å²) in [6.07, 6.45) is -2.40. The van der Waals surface area contributed by atoms with Gasteiger partial charge in [0.25, 0.3) is 6.43 Å². The Morgan fingerprint density at radius 2 is 1.64 bits per heavy atom. The molecule has 0 saturated carbocycles. The SMILES string of the molecule is FC(F)c1ccc2ccc(Br)cc2c1. The third-order valence-corrected chi connectivity index (χ3v) is 2.57. The molecule has 0 aliphatic heterocycles. The fourth-order valence-corrected chi connectivity index (χ4v) is 1.75. The van der Waals surface area contributed by atoms with Crippen molar-refractivity contribution in [2.45, 2.75) is 6.43 Å². The molecule has 0 nitrogen and oxygen atoms in total. The Morgan fingerprint density at radius 1 is 0.929 bits per heavy atom. The summed E-state index contributed by atoms with van der Waals surface area (Å²) in [6, 6.07) is 10.3. The van der Waals surface area contributed by atoms with Gasteiger partial charge in [-0.1, -0.05) is 34.1 Å². The molecule has 72 valence electrons. The maximum Gasteiger partial charge on any atom is 0.263 e. The van der Waals surface area contributed by atoms with Crippen LogP contribution in [0, 0.1) is 0 Å². The van der Waals surface area contributed by atoms with E-state index >= 15 is 0 Å². The molecule has 0 bridgehead atoms. The topological polar surface area (TPSA) is 0 Å². The monoisotopic (exact) mass is 256 g/mol. The zero-order valence-corrected chi connectivity index (χ0v) is 8.76. The molecule has 0 heterocycles. The summed E-state index contributed by atoms with van der Waals surface area (Å²) < 4.78 is 25.7. The van der Waals surface area contributed by atoms with Crippen LogP contribution in [0.15, 0.2) is 40.9 Å². The average Bonchev–Trinajstić information content (AvgIpc) is 2.16. The minimum Gasteiger partial charge on any atom is -0.205 e. The summed E-state index contributed by atoms with van der Waals surface area (Å²) in [5, 5.41) is 1.80. The van der Waals surface area contributed by atoms with Gasteiger partial charge < -0.3 is 0 Å². The van der Waals surface area contributed by atoms with E-state index in [2.05, 4.69) is 15.9 Å². The molecule has 0 unspecified atom stereocenters. The van der Waals surface area contributed by atoms with E-state index in [1.807, 2.05) is 18.2 Å². The molecule has 0 aliphatic carbocycles. The molecule has 0 radical (unpaired) electrons. The van der Waals surface area contributed by atoms with E-state index in [4.69, 9.17) is 0 Å². The lowest BCUT2D eigenvalue weighted by Gasteiger charge is -2.02. The summed E-state index contributed by atoms with van der Waals surface area (Å²) in [5.41, 5.74) is 0.0654. The van der Waals surface area contributed by atoms with Crippen LogP contribution in [-0.2, 0) is 0 Å². The van der Waals surface area contributed by atoms with Gasteiger partial charge in [0.1, 0.15) is 0 Å². The molecule has 3 heteroatoms. The second-order valence-corrected chi connectivity index (χ2v) is 3.97. The molecule has 0 aromatic heterocycles. The Balaban J connectivity index is 2.63. The maximum atomic E-state index is 12.4. The Morgan fingerprint density at radius 3 is 2.36 bits per heavy atom. The number of fused-ring (bicyclic) bond motifs is 1. The second-order valence-electron chi connectivity index (χ2n) is 3.05. The molecule has 0 amide bonds. The van der Waals surface area contributed by atoms with E-state index in [1.165, 1.54) is 12.1 Å². The number of hydrogen-bond donors (Lipinski definition) is 0. The zero-order valence-electron chi connectivity index (χ0n) is 7.18. The first kappa shape index (κ1) is 9.59. The lowest BCUT2D eigenvalue weighted by Crippen LogP contribution is -1.83.